The van der Waals surface area contributed by atoms with Crippen molar-refractivity contribution >= 4 is 11.6 Å². The average molecular weight is 219 g/mol. The third-order valence-corrected chi connectivity index (χ3v) is 2.56. The standard InChI is InChI=1S/C11H17N5/c1-4-11(2,3)6-13-9-5-10(14-7-12)16-8-15-9/h5,8H,4,6H2,1-3H3,(H2,13,14,15,16). The SMILES string of the molecule is CCC(C)(C)CNc1cc(NC#N)ncn1. The number of hydrogen-bond donors (Lipinski definition) is 2. The Hall–Kier alpha value is -1.83. The van der Waals surface area contributed by atoms with Crippen molar-refractivity contribution in [3.63, 3.8) is 0 Å². The summed E-state index contributed by atoms with van der Waals surface area (Å²) < 4.78 is 0. The quantitative estimate of drug-likeness (QED) is 0.586. The third-order valence-electron chi connectivity index (χ3n) is 2.56. The largest absolute Gasteiger partial charge is 0.369 e. The molecule has 0 bridgehead atoms. The highest BCUT2D eigenvalue weighted by Gasteiger charge is 2.14. The maximum atomic E-state index is 8.47. The van der Waals surface area contributed by atoms with E-state index >= 15 is 0 Å². The van der Waals surface area contributed by atoms with Gasteiger partial charge in [-0.2, -0.15) is 5.26 Å². The van der Waals surface area contributed by atoms with Crippen LogP contribution in [0, 0.1) is 16.9 Å². The fourth-order valence-electron chi connectivity index (χ4n) is 1.03. The van der Waals surface area contributed by atoms with Crippen molar-refractivity contribution in [2.45, 2.75) is 27.2 Å². The van der Waals surface area contributed by atoms with Crippen molar-refractivity contribution in [3.05, 3.63) is 12.4 Å². The third kappa shape index (κ3) is 3.73. The summed E-state index contributed by atoms with van der Waals surface area (Å²) in [5.41, 5.74) is 0.230. The summed E-state index contributed by atoms with van der Waals surface area (Å²) in [5.74, 6) is 1.24. The molecule has 1 aromatic rings. The van der Waals surface area contributed by atoms with Gasteiger partial charge >= 0.3 is 0 Å². The zero-order chi connectivity index (χ0) is 12.0. The Bertz CT molecular complexity index is 380. The van der Waals surface area contributed by atoms with Crippen molar-refractivity contribution in [1.29, 1.82) is 5.26 Å². The normalized spacial score (nSPS) is 10.6. The zero-order valence-electron chi connectivity index (χ0n) is 9.91. The van der Waals surface area contributed by atoms with Gasteiger partial charge in [0.05, 0.1) is 0 Å². The Balaban J connectivity index is 2.61. The molecule has 1 heterocycles. The lowest BCUT2D eigenvalue weighted by Gasteiger charge is -2.23. The molecule has 0 aliphatic rings. The summed E-state index contributed by atoms with van der Waals surface area (Å²) in [7, 11) is 0. The summed E-state index contributed by atoms with van der Waals surface area (Å²) in [4.78, 5) is 8.00. The molecule has 0 unspecified atom stereocenters. The highest BCUT2D eigenvalue weighted by molar-refractivity contribution is 5.48. The molecule has 86 valence electrons. The van der Waals surface area contributed by atoms with E-state index < -0.39 is 0 Å². The van der Waals surface area contributed by atoms with Crippen molar-refractivity contribution in [3.8, 4) is 6.19 Å². The second-order valence-electron chi connectivity index (χ2n) is 4.40. The van der Waals surface area contributed by atoms with E-state index in [1.165, 1.54) is 6.33 Å². The van der Waals surface area contributed by atoms with Crippen LogP contribution in [0.3, 0.4) is 0 Å². The van der Waals surface area contributed by atoms with Gasteiger partial charge in [0.1, 0.15) is 18.0 Å². The first kappa shape index (κ1) is 12.2. The Morgan fingerprint density at radius 3 is 2.69 bits per heavy atom. The van der Waals surface area contributed by atoms with Gasteiger partial charge in [0, 0.05) is 12.6 Å². The van der Waals surface area contributed by atoms with Gasteiger partial charge in [-0.05, 0) is 11.8 Å². The van der Waals surface area contributed by atoms with Crippen LogP contribution in [0.15, 0.2) is 12.4 Å². The van der Waals surface area contributed by atoms with Crippen LogP contribution >= 0.6 is 0 Å². The molecule has 0 aromatic carbocycles. The summed E-state index contributed by atoms with van der Waals surface area (Å²) in [6, 6.07) is 1.72. The summed E-state index contributed by atoms with van der Waals surface area (Å²) in [6.07, 6.45) is 4.35. The molecule has 0 aliphatic carbocycles. The van der Waals surface area contributed by atoms with Gasteiger partial charge in [-0.15, -0.1) is 0 Å². The molecule has 1 aromatic heterocycles. The van der Waals surface area contributed by atoms with Gasteiger partial charge in [0.25, 0.3) is 0 Å². The van der Waals surface area contributed by atoms with Crippen LogP contribution in [0.25, 0.3) is 0 Å². The van der Waals surface area contributed by atoms with E-state index in [1.807, 2.05) is 6.19 Å². The van der Waals surface area contributed by atoms with Crippen LogP contribution < -0.4 is 10.6 Å². The lowest BCUT2D eigenvalue weighted by atomic mass is 9.90. The predicted octanol–water partition coefficient (Wildman–Crippen LogP) is 2.22. The minimum Gasteiger partial charge on any atom is -0.369 e. The predicted molar refractivity (Wildman–Crippen MR) is 63.8 cm³/mol. The van der Waals surface area contributed by atoms with Gasteiger partial charge in [0.15, 0.2) is 6.19 Å². The van der Waals surface area contributed by atoms with E-state index in [0.717, 1.165) is 18.8 Å². The van der Waals surface area contributed by atoms with Gasteiger partial charge in [-0.25, -0.2) is 9.97 Å². The molecule has 0 aliphatic heterocycles. The Morgan fingerprint density at radius 2 is 2.06 bits per heavy atom. The molecule has 0 amide bonds. The van der Waals surface area contributed by atoms with Crippen molar-refractivity contribution in [1.82, 2.24) is 9.97 Å². The number of nitrogens with zero attached hydrogens (tertiary/aromatic N) is 3. The van der Waals surface area contributed by atoms with Crippen LogP contribution in [0.2, 0.25) is 0 Å². The van der Waals surface area contributed by atoms with Gasteiger partial charge in [-0.3, -0.25) is 5.32 Å². The lowest BCUT2D eigenvalue weighted by Crippen LogP contribution is -2.22. The molecule has 16 heavy (non-hydrogen) atoms. The molecule has 0 radical (unpaired) electrons. The smallest absolute Gasteiger partial charge is 0.182 e. The number of rotatable bonds is 5. The van der Waals surface area contributed by atoms with Gasteiger partial charge in [-0.1, -0.05) is 20.8 Å². The van der Waals surface area contributed by atoms with Crippen LogP contribution in [-0.2, 0) is 0 Å². The van der Waals surface area contributed by atoms with E-state index in [1.54, 1.807) is 6.07 Å². The Morgan fingerprint density at radius 1 is 1.38 bits per heavy atom. The summed E-state index contributed by atoms with van der Waals surface area (Å²) >= 11 is 0. The molecule has 0 fully saturated rings. The highest BCUT2D eigenvalue weighted by Crippen LogP contribution is 2.20. The van der Waals surface area contributed by atoms with Crippen LogP contribution in [0.1, 0.15) is 27.2 Å². The first-order valence-corrected chi connectivity index (χ1v) is 5.28. The van der Waals surface area contributed by atoms with E-state index in [9.17, 15) is 0 Å². The maximum absolute atomic E-state index is 8.47. The molecule has 5 nitrogen and oxygen atoms in total. The van der Waals surface area contributed by atoms with Crippen molar-refractivity contribution < 1.29 is 0 Å². The van der Waals surface area contributed by atoms with Gasteiger partial charge in [0.2, 0.25) is 0 Å². The zero-order valence-corrected chi connectivity index (χ0v) is 9.91. The molecular weight excluding hydrogens is 202 g/mol. The molecular formula is C11H17N5. The summed E-state index contributed by atoms with van der Waals surface area (Å²) in [6.45, 7) is 7.38. The fourth-order valence-corrected chi connectivity index (χ4v) is 1.03. The first-order valence-electron chi connectivity index (χ1n) is 5.28. The fraction of sp³-hybridized carbons (Fsp3) is 0.545. The molecule has 1 rings (SSSR count). The van der Waals surface area contributed by atoms with Gasteiger partial charge < -0.3 is 5.32 Å². The lowest BCUT2D eigenvalue weighted by molar-refractivity contribution is 0.376. The van der Waals surface area contributed by atoms with Crippen molar-refractivity contribution in [2.75, 3.05) is 17.2 Å². The highest BCUT2D eigenvalue weighted by atomic mass is 15.1. The average Bonchev–Trinajstić information content (AvgIpc) is 2.28. The van der Waals surface area contributed by atoms with E-state index in [2.05, 4.69) is 41.4 Å². The molecule has 0 saturated heterocycles. The van der Waals surface area contributed by atoms with Crippen LogP contribution in [-0.4, -0.2) is 16.5 Å². The minimum absolute atomic E-state index is 0.230. The topological polar surface area (TPSA) is 73.6 Å². The van der Waals surface area contributed by atoms with E-state index in [-0.39, 0.29) is 5.41 Å². The second-order valence-corrected chi connectivity index (χ2v) is 4.40. The maximum Gasteiger partial charge on any atom is 0.182 e. The number of aromatic nitrogens is 2. The van der Waals surface area contributed by atoms with E-state index in [4.69, 9.17) is 5.26 Å². The number of nitriles is 1. The number of nitrogens with one attached hydrogen (secondary N) is 2. The molecule has 0 spiro atoms. The first-order chi connectivity index (χ1) is 7.57. The molecule has 2 N–H and O–H groups in total. The molecule has 5 heteroatoms. The summed E-state index contributed by atoms with van der Waals surface area (Å²) in [5, 5.41) is 14.2. The van der Waals surface area contributed by atoms with Crippen LogP contribution in [0.5, 0.6) is 0 Å². The Kier molecular flexibility index (Phi) is 4.06. The van der Waals surface area contributed by atoms with E-state index in [0.29, 0.717) is 5.82 Å². The monoisotopic (exact) mass is 219 g/mol. The second kappa shape index (κ2) is 5.31. The molecule has 0 atom stereocenters. The Labute approximate surface area is 95.9 Å². The minimum atomic E-state index is 0.230. The number of hydrogen-bond acceptors (Lipinski definition) is 5. The van der Waals surface area contributed by atoms with Crippen LogP contribution in [0.4, 0.5) is 11.6 Å². The number of anilines is 2. The van der Waals surface area contributed by atoms with Crippen molar-refractivity contribution in [2.24, 2.45) is 5.41 Å². The molecule has 0 saturated carbocycles.